The molecule has 0 amide bonds. The van der Waals surface area contributed by atoms with Gasteiger partial charge in [0.05, 0.1) is 12.0 Å². The molecule has 0 aromatic heterocycles. The number of phenolic OH excluding ortho intramolecular Hbond substituents is 1. The number of nitrogens with zero attached hydrogens (tertiary/aromatic N) is 1. The lowest BCUT2D eigenvalue weighted by Crippen LogP contribution is -2.42. The molecule has 7 nitrogen and oxygen atoms in total. The Labute approximate surface area is 104 Å². The van der Waals surface area contributed by atoms with Crippen LogP contribution in [0.1, 0.15) is 11.6 Å². The highest BCUT2D eigenvalue weighted by atomic mass is 16.6. The highest BCUT2D eigenvalue weighted by Gasteiger charge is 2.24. The van der Waals surface area contributed by atoms with E-state index in [1.165, 1.54) is 13.2 Å². The Morgan fingerprint density at radius 3 is 2.83 bits per heavy atom. The van der Waals surface area contributed by atoms with E-state index >= 15 is 0 Å². The molecule has 1 atom stereocenters. The number of rotatable bonds is 3. The van der Waals surface area contributed by atoms with Crippen LogP contribution in [0.25, 0.3) is 0 Å². The van der Waals surface area contributed by atoms with Crippen LogP contribution < -0.4 is 15.4 Å². The number of benzene rings is 1. The largest absolute Gasteiger partial charge is 0.500 e. The maximum absolute atomic E-state index is 10.9. The molecule has 1 aromatic carbocycles. The van der Waals surface area contributed by atoms with Crippen molar-refractivity contribution >= 4 is 5.69 Å². The van der Waals surface area contributed by atoms with Crippen LogP contribution in [-0.4, -0.2) is 36.8 Å². The van der Waals surface area contributed by atoms with Crippen molar-refractivity contribution in [1.29, 1.82) is 0 Å². The summed E-state index contributed by atoms with van der Waals surface area (Å²) in [6.45, 7) is 2.35. The van der Waals surface area contributed by atoms with Crippen LogP contribution in [0.15, 0.2) is 12.1 Å². The summed E-state index contributed by atoms with van der Waals surface area (Å²) in [5, 5.41) is 27.0. The van der Waals surface area contributed by atoms with Crippen molar-refractivity contribution in [2.75, 3.05) is 26.7 Å². The first-order valence-electron chi connectivity index (χ1n) is 5.63. The summed E-state index contributed by atoms with van der Waals surface area (Å²) in [5.41, 5.74) is 0.389. The average molecular weight is 253 g/mol. The van der Waals surface area contributed by atoms with E-state index < -0.39 is 10.7 Å². The van der Waals surface area contributed by atoms with Gasteiger partial charge >= 0.3 is 5.69 Å². The van der Waals surface area contributed by atoms with E-state index in [1.807, 2.05) is 0 Å². The number of methoxy groups -OCH3 is 1. The van der Waals surface area contributed by atoms with Crippen molar-refractivity contribution in [3.63, 3.8) is 0 Å². The fraction of sp³-hybridized carbons (Fsp3) is 0.455. The van der Waals surface area contributed by atoms with Crippen LogP contribution in [0.4, 0.5) is 5.69 Å². The zero-order chi connectivity index (χ0) is 13.1. The zero-order valence-electron chi connectivity index (χ0n) is 9.97. The molecule has 2 rings (SSSR count). The fourth-order valence-corrected chi connectivity index (χ4v) is 2.00. The number of hydrogen-bond donors (Lipinski definition) is 3. The number of nitro benzene ring substituents is 1. The normalized spacial score (nSPS) is 19.5. The van der Waals surface area contributed by atoms with Gasteiger partial charge in [-0.2, -0.15) is 0 Å². The van der Waals surface area contributed by atoms with E-state index in [-0.39, 0.29) is 17.5 Å². The van der Waals surface area contributed by atoms with Crippen LogP contribution in [0, 0.1) is 10.1 Å². The third-order valence-electron chi connectivity index (χ3n) is 2.94. The minimum atomic E-state index is -0.613. The van der Waals surface area contributed by atoms with Crippen LogP contribution in [0.3, 0.4) is 0 Å². The second kappa shape index (κ2) is 5.19. The van der Waals surface area contributed by atoms with E-state index in [1.54, 1.807) is 6.07 Å². The van der Waals surface area contributed by atoms with Gasteiger partial charge in [-0.1, -0.05) is 0 Å². The minimum Gasteiger partial charge on any atom is -0.500 e. The van der Waals surface area contributed by atoms with Crippen LogP contribution in [0.2, 0.25) is 0 Å². The number of nitro groups is 1. The first-order chi connectivity index (χ1) is 8.63. The van der Waals surface area contributed by atoms with Gasteiger partial charge in [-0.25, -0.2) is 0 Å². The highest BCUT2D eigenvalue weighted by Crippen LogP contribution is 2.38. The van der Waals surface area contributed by atoms with Gasteiger partial charge in [-0.05, 0) is 11.6 Å². The molecule has 0 bridgehead atoms. The Kier molecular flexibility index (Phi) is 3.63. The lowest BCUT2D eigenvalue weighted by Gasteiger charge is -2.25. The van der Waals surface area contributed by atoms with Gasteiger partial charge in [0.2, 0.25) is 5.75 Å². The SMILES string of the molecule is COc1cc([C@H]2CNCCN2)cc([N+](=O)[O-])c1O. The average Bonchev–Trinajstić information content (AvgIpc) is 2.39. The van der Waals surface area contributed by atoms with Crippen LogP contribution in [-0.2, 0) is 0 Å². The summed E-state index contributed by atoms with van der Waals surface area (Å²) >= 11 is 0. The smallest absolute Gasteiger partial charge is 0.314 e. The second-order valence-electron chi connectivity index (χ2n) is 4.06. The van der Waals surface area contributed by atoms with Gasteiger partial charge in [0, 0.05) is 31.7 Å². The molecule has 1 aromatic rings. The molecule has 98 valence electrons. The molecule has 18 heavy (non-hydrogen) atoms. The Morgan fingerprint density at radius 2 is 2.28 bits per heavy atom. The molecule has 0 spiro atoms. The van der Waals surface area contributed by atoms with Gasteiger partial charge in [-0.15, -0.1) is 0 Å². The standard InChI is InChI=1S/C11H15N3O4/c1-18-10-5-7(8-6-12-2-3-13-8)4-9(11(10)15)14(16)17/h4-5,8,12-13,15H,2-3,6H2,1H3/t8-/m1/s1. The molecular formula is C11H15N3O4. The number of piperazine rings is 1. The lowest BCUT2D eigenvalue weighted by molar-refractivity contribution is -0.386. The predicted octanol–water partition coefficient (Wildman–Crippen LogP) is 0.543. The van der Waals surface area contributed by atoms with E-state index in [0.717, 1.165) is 18.7 Å². The molecule has 7 heteroatoms. The number of ether oxygens (including phenoxy) is 1. The first kappa shape index (κ1) is 12.6. The summed E-state index contributed by atoms with van der Waals surface area (Å²) in [6.07, 6.45) is 0. The Hall–Kier alpha value is -1.86. The molecule has 1 aliphatic rings. The molecule has 1 fully saturated rings. The molecule has 1 heterocycles. The van der Waals surface area contributed by atoms with E-state index in [9.17, 15) is 15.2 Å². The maximum Gasteiger partial charge on any atom is 0.314 e. The lowest BCUT2D eigenvalue weighted by atomic mass is 10.0. The van der Waals surface area contributed by atoms with Crippen LogP contribution in [0.5, 0.6) is 11.5 Å². The van der Waals surface area contributed by atoms with Crippen molar-refractivity contribution in [2.24, 2.45) is 0 Å². The molecule has 3 N–H and O–H groups in total. The molecule has 0 aliphatic carbocycles. The molecule has 1 saturated heterocycles. The number of phenols is 1. The number of nitrogens with one attached hydrogen (secondary N) is 2. The van der Waals surface area contributed by atoms with Gasteiger partial charge < -0.3 is 20.5 Å². The highest BCUT2D eigenvalue weighted by molar-refractivity contribution is 5.57. The van der Waals surface area contributed by atoms with Gasteiger partial charge in [0.15, 0.2) is 5.75 Å². The zero-order valence-corrected chi connectivity index (χ0v) is 9.97. The van der Waals surface area contributed by atoms with Crippen molar-refractivity contribution in [3.8, 4) is 11.5 Å². The van der Waals surface area contributed by atoms with Crippen molar-refractivity contribution in [3.05, 3.63) is 27.8 Å². The Bertz CT molecular complexity index is 458. The van der Waals surface area contributed by atoms with Gasteiger partial charge in [-0.3, -0.25) is 10.1 Å². The molecular weight excluding hydrogens is 238 g/mol. The Balaban J connectivity index is 2.41. The third-order valence-corrected chi connectivity index (χ3v) is 2.94. The third kappa shape index (κ3) is 2.36. The maximum atomic E-state index is 10.9. The van der Waals surface area contributed by atoms with Crippen molar-refractivity contribution in [1.82, 2.24) is 10.6 Å². The molecule has 0 radical (unpaired) electrons. The monoisotopic (exact) mass is 253 g/mol. The fourth-order valence-electron chi connectivity index (χ4n) is 2.00. The summed E-state index contributed by atoms with van der Waals surface area (Å²) in [7, 11) is 1.37. The van der Waals surface area contributed by atoms with Gasteiger partial charge in [0.1, 0.15) is 0 Å². The number of hydrogen-bond acceptors (Lipinski definition) is 6. The van der Waals surface area contributed by atoms with Crippen molar-refractivity contribution < 1.29 is 14.8 Å². The minimum absolute atomic E-state index is 0.0213. The van der Waals surface area contributed by atoms with E-state index in [2.05, 4.69) is 10.6 Å². The summed E-state index contributed by atoms with van der Waals surface area (Å²) in [5.74, 6) is -0.318. The van der Waals surface area contributed by atoms with Crippen molar-refractivity contribution in [2.45, 2.75) is 6.04 Å². The summed E-state index contributed by atoms with van der Waals surface area (Å²) in [4.78, 5) is 10.3. The molecule has 0 unspecified atom stereocenters. The summed E-state index contributed by atoms with van der Waals surface area (Å²) < 4.78 is 4.96. The Morgan fingerprint density at radius 1 is 1.50 bits per heavy atom. The second-order valence-corrected chi connectivity index (χ2v) is 4.06. The molecule has 1 aliphatic heterocycles. The van der Waals surface area contributed by atoms with Gasteiger partial charge in [0.25, 0.3) is 0 Å². The summed E-state index contributed by atoms with van der Waals surface area (Å²) in [6, 6.07) is 2.97. The first-order valence-corrected chi connectivity index (χ1v) is 5.63. The number of aromatic hydroxyl groups is 1. The van der Waals surface area contributed by atoms with E-state index in [4.69, 9.17) is 4.74 Å². The molecule has 0 saturated carbocycles. The predicted molar refractivity (Wildman–Crippen MR) is 64.9 cm³/mol. The topological polar surface area (TPSA) is 96.7 Å². The van der Waals surface area contributed by atoms with Crippen LogP contribution >= 0.6 is 0 Å². The quantitative estimate of drug-likeness (QED) is 0.537. The van der Waals surface area contributed by atoms with E-state index in [0.29, 0.717) is 6.54 Å².